The third-order valence-electron chi connectivity index (χ3n) is 2.34. The van der Waals surface area contributed by atoms with Crippen molar-refractivity contribution in [2.24, 2.45) is 0 Å². The summed E-state index contributed by atoms with van der Waals surface area (Å²) in [6, 6.07) is 3.68. The molecule has 1 unspecified atom stereocenters. The number of carbonyl (C=O) groups is 2. The summed E-state index contributed by atoms with van der Waals surface area (Å²) in [6.45, 7) is 1.53. The van der Waals surface area contributed by atoms with E-state index >= 15 is 0 Å². The molecule has 0 saturated carbocycles. The van der Waals surface area contributed by atoms with Crippen LogP contribution >= 0.6 is 11.3 Å². The largest absolute Gasteiger partial charge is 0.381 e. The number of hydrogen-bond donors (Lipinski definition) is 0. The highest BCUT2D eigenvalue weighted by Crippen LogP contribution is 2.15. The highest BCUT2D eigenvalue weighted by atomic mass is 32.1. The lowest BCUT2D eigenvalue weighted by Gasteiger charge is -2.12. The lowest BCUT2D eigenvalue weighted by Crippen LogP contribution is -2.16. The van der Waals surface area contributed by atoms with E-state index in [0.717, 1.165) is 4.88 Å². The maximum absolute atomic E-state index is 11.7. The number of ether oxygens (including phenoxy) is 1. The molecule has 0 bridgehead atoms. The third kappa shape index (κ3) is 4.24. The molecule has 3 nitrogen and oxygen atoms in total. The van der Waals surface area contributed by atoms with Gasteiger partial charge in [-0.2, -0.15) is 0 Å². The van der Waals surface area contributed by atoms with E-state index in [4.69, 9.17) is 4.74 Å². The van der Waals surface area contributed by atoms with Crippen LogP contribution in [-0.2, 0) is 9.53 Å². The Bertz CT molecular complexity index is 343. The summed E-state index contributed by atoms with van der Waals surface area (Å²) in [5.74, 6) is 0.219. The van der Waals surface area contributed by atoms with Crippen LogP contribution < -0.4 is 0 Å². The zero-order valence-corrected chi connectivity index (χ0v) is 10.4. The van der Waals surface area contributed by atoms with E-state index in [-0.39, 0.29) is 17.7 Å². The Hall–Kier alpha value is -1.00. The molecule has 1 heterocycles. The lowest BCUT2D eigenvalue weighted by atomic mass is 10.1. The van der Waals surface area contributed by atoms with Crippen molar-refractivity contribution in [2.75, 3.05) is 7.11 Å². The second-order valence-corrected chi connectivity index (χ2v) is 4.65. The quantitative estimate of drug-likeness (QED) is 0.688. The van der Waals surface area contributed by atoms with Crippen molar-refractivity contribution < 1.29 is 14.3 Å². The molecule has 0 aliphatic heterocycles. The van der Waals surface area contributed by atoms with Crippen molar-refractivity contribution in [1.82, 2.24) is 0 Å². The highest BCUT2D eigenvalue weighted by Gasteiger charge is 2.14. The molecule has 0 spiro atoms. The van der Waals surface area contributed by atoms with Gasteiger partial charge in [0.15, 0.2) is 5.78 Å². The average Bonchev–Trinajstić information content (AvgIpc) is 2.76. The summed E-state index contributed by atoms with van der Waals surface area (Å²) >= 11 is 1.45. The van der Waals surface area contributed by atoms with E-state index in [9.17, 15) is 9.59 Å². The van der Waals surface area contributed by atoms with Gasteiger partial charge in [0.2, 0.25) is 0 Å². The minimum atomic E-state index is -0.138. The van der Waals surface area contributed by atoms with Gasteiger partial charge in [0, 0.05) is 20.0 Å². The number of methoxy groups -OCH3 is 1. The summed E-state index contributed by atoms with van der Waals surface area (Å²) in [5.41, 5.74) is 0. The fourth-order valence-corrected chi connectivity index (χ4v) is 2.17. The standard InChI is InChI=1S/C12H16O3S/c1-9(13)8-10(15-2)5-6-11(14)12-4-3-7-16-12/h3-4,7,10H,5-6,8H2,1-2H3. The molecule has 0 aliphatic rings. The summed E-state index contributed by atoms with van der Waals surface area (Å²) in [5, 5.41) is 1.89. The van der Waals surface area contributed by atoms with Crippen LogP contribution in [0, 0.1) is 0 Å². The minimum Gasteiger partial charge on any atom is -0.381 e. The minimum absolute atomic E-state index is 0.0930. The molecule has 1 aromatic heterocycles. The van der Waals surface area contributed by atoms with E-state index in [2.05, 4.69) is 0 Å². The van der Waals surface area contributed by atoms with E-state index in [1.54, 1.807) is 7.11 Å². The van der Waals surface area contributed by atoms with Gasteiger partial charge in [-0.3, -0.25) is 9.59 Å². The van der Waals surface area contributed by atoms with Crippen LogP contribution in [0.15, 0.2) is 17.5 Å². The zero-order valence-electron chi connectivity index (χ0n) is 9.56. The molecule has 0 radical (unpaired) electrons. The molecule has 1 aromatic rings. The molecule has 0 amide bonds. The highest BCUT2D eigenvalue weighted by molar-refractivity contribution is 7.12. The van der Waals surface area contributed by atoms with Crippen molar-refractivity contribution in [3.05, 3.63) is 22.4 Å². The van der Waals surface area contributed by atoms with Crippen molar-refractivity contribution in [3.8, 4) is 0 Å². The van der Waals surface area contributed by atoms with Crippen LogP contribution in [0.2, 0.25) is 0 Å². The Morgan fingerprint density at radius 2 is 2.25 bits per heavy atom. The van der Waals surface area contributed by atoms with Gasteiger partial charge in [-0.15, -0.1) is 11.3 Å². The molecule has 0 saturated heterocycles. The first kappa shape index (κ1) is 13.1. The molecule has 0 aliphatic carbocycles. The van der Waals surface area contributed by atoms with Crippen LogP contribution in [-0.4, -0.2) is 24.8 Å². The normalized spacial score (nSPS) is 12.4. The van der Waals surface area contributed by atoms with E-state index in [1.165, 1.54) is 18.3 Å². The molecule has 1 rings (SSSR count). The summed E-state index contributed by atoms with van der Waals surface area (Å²) in [6.07, 6.45) is 1.29. The predicted octanol–water partition coefficient (Wildman–Crippen LogP) is 2.71. The van der Waals surface area contributed by atoms with Crippen LogP contribution in [0.3, 0.4) is 0 Å². The lowest BCUT2D eigenvalue weighted by molar-refractivity contribution is -0.119. The first-order chi connectivity index (χ1) is 7.63. The summed E-state index contributed by atoms with van der Waals surface area (Å²) in [7, 11) is 1.57. The Morgan fingerprint density at radius 3 is 2.75 bits per heavy atom. The zero-order chi connectivity index (χ0) is 12.0. The van der Waals surface area contributed by atoms with Gasteiger partial charge < -0.3 is 4.74 Å². The van der Waals surface area contributed by atoms with E-state index in [1.807, 2.05) is 17.5 Å². The maximum Gasteiger partial charge on any atom is 0.172 e. The smallest absolute Gasteiger partial charge is 0.172 e. The second kappa shape index (κ2) is 6.55. The number of ketones is 2. The van der Waals surface area contributed by atoms with Gasteiger partial charge in [0.25, 0.3) is 0 Å². The summed E-state index contributed by atoms with van der Waals surface area (Å²) < 4.78 is 5.16. The molecule has 1 atom stereocenters. The Labute approximate surface area is 99.4 Å². The van der Waals surface area contributed by atoms with Crippen LogP contribution in [0.4, 0.5) is 0 Å². The van der Waals surface area contributed by atoms with Gasteiger partial charge in [0.05, 0.1) is 11.0 Å². The molecule has 0 fully saturated rings. The number of rotatable bonds is 7. The third-order valence-corrected chi connectivity index (χ3v) is 3.25. The van der Waals surface area contributed by atoms with Crippen molar-refractivity contribution in [3.63, 3.8) is 0 Å². The van der Waals surface area contributed by atoms with Gasteiger partial charge in [-0.1, -0.05) is 6.07 Å². The fourth-order valence-electron chi connectivity index (χ4n) is 1.48. The molecular formula is C12H16O3S. The predicted molar refractivity (Wildman–Crippen MR) is 64.0 cm³/mol. The fraction of sp³-hybridized carbons (Fsp3) is 0.500. The van der Waals surface area contributed by atoms with E-state index < -0.39 is 0 Å². The van der Waals surface area contributed by atoms with Crippen LogP contribution in [0.5, 0.6) is 0 Å². The monoisotopic (exact) mass is 240 g/mol. The topological polar surface area (TPSA) is 43.4 Å². The first-order valence-corrected chi connectivity index (χ1v) is 6.10. The molecule has 0 aromatic carbocycles. The molecule has 16 heavy (non-hydrogen) atoms. The van der Waals surface area contributed by atoms with Crippen molar-refractivity contribution >= 4 is 22.9 Å². The van der Waals surface area contributed by atoms with Crippen molar-refractivity contribution in [1.29, 1.82) is 0 Å². The van der Waals surface area contributed by atoms with E-state index in [0.29, 0.717) is 19.3 Å². The average molecular weight is 240 g/mol. The number of thiophene rings is 1. The summed E-state index contributed by atoms with van der Waals surface area (Å²) in [4.78, 5) is 23.4. The van der Waals surface area contributed by atoms with Gasteiger partial charge in [-0.05, 0) is 24.8 Å². The van der Waals surface area contributed by atoms with Gasteiger partial charge in [-0.25, -0.2) is 0 Å². The van der Waals surface area contributed by atoms with Gasteiger partial charge in [0.1, 0.15) is 5.78 Å². The first-order valence-electron chi connectivity index (χ1n) is 5.22. The van der Waals surface area contributed by atoms with Crippen LogP contribution in [0.25, 0.3) is 0 Å². The SMILES string of the molecule is COC(CCC(=O)c1cccs1)CC(C)=O. The van der Waals surface area contributed by atoms with Crippen molar-refractivity contribution in [2.45, 2.75) is 32.3 Å². The molecule has 88 valence electrons. The Morgan fingerprint density at radius 1 is 1.50 bits per heavy atom. The Balaban J connectivity index is 2.38. The second-order valence-electron chi connectivity index (χ2n) is 3.70. The Kier molecular flexibility index (Phi) is 5.35. The maximum atomic E-state index is 11.7. The number of carbonyl (C=O) groups excluding carboxylic acids is 2. The number of Topliss-reactive ketones (excluding diaryl/α,β-unsaturated/α-hetero) is 2. The molecule has 0 N–H and O–H groups in total. The molecule has 4 heteroatoms. The molecular weight excluding hydrogens is 224 g/mol. The number of hydrogen-bond acceptors (Lipinski definition) is 4. The van der Waals surface area contributed by atoms with Gasteiger partial charge >= 0.3 is 0 Å². The van der Waals surface area contributed by atoms with Crippen LogP contribution in [0.1, 0.15) is 35.9 Å².